The third kappa shape index (κ3) is 3.50. The molecule has 11 heteroatoms. The Kier molecular flexibility index (Phi) is 4.98. The first-order valence-corrected chi connectivity index (χ1v) is 8.33. The number of rotatable bonds is 3. The Bertz CT molecular complexity index is 986. The molecule has 28 heavy (non-hydrogen) atoms. The molecule has 2 aromatic carbocycles. The molecular formula is C17H9BrF7N3. The van der Waals surface area contributed by atoms with Crippen LogP contribution in [0.4, 0.5) is 42.2 Å². The van der Waals surface area contributed by atoms with Crippen molar-refractivity contribution in [3.05, 3.63) is 58.8 Å². The molecule has 0 atom stereocenters. The number of hydrogen-bond donors (Lipinski definition) is 1. The maximum atomic E-state index is 14.0. The van der Waals surface area contributed by atoms with Gasteiger partial charge in [0.15, 0.2) is 0 Å². The molecule has 3 aromatic rings. The number of halogens is 8. The van der Waals surface area contributed by atoms with E-state index < -0.39 is 23.6 Å². The van der Waals surface area contributed by atoms with Crippen LogP contribution in [0.25, 0.3) is 10.9 Å². The Morgan fingerprint density at radius 1 is 0.786 bits per heavy atom. The van der Waals surface area contributed by atoms with Crippen molar-refractivity contribution in [2.45, 2.75) is 18.0 Å². The molecule has 0 aliphatic heterocycles. The van der Waals surface area contributed by atoms with Crippen molar-refractivity contribution in [1.82, 2.24) is 9.97 Å². The molecular weight excluding hydrogens is 459 g/mol. The van der Waals surface area contributed by atoms with Crippen LogP contribution in [0, 0.1) is 0 Å². The molecule has 0 spiro atoms. The van der Waals surface area contributed by atoms with Gasteiger partial charge in [-0.1, -0.05) is 28.1 Å². The van der Waals surface area contributed by atoms with Gasteiger partial charge in [-0.2, -0.15) is 26.3 Å². The normalized spacial score (nSPS) is 13.0. The van der Waals surface area contributed by atoms with E-state index in [9.17, 15) is 30.7 Å². The highest BCUT2D eigenvalue weighted by atomic mass is 79.9. The van der Waals surface area contributed by atoms with Gasteiger partial charge in [0.2, 0.25) is 0 Å². The van der Waals surface area contributed by atoms with Gasteiger partial charge < -0.3 is 5.32 Å². The third-order valence-corrected chi connectivity index (χ3v) is 4.42. The van der Waals surface area contributed by atoms with E-state index in [2.05, 4.69) is 31.2 Å². The fourth-order valence-corrected chi connectivity index (χ4v) is 2.89. The lowest BCUT2D eigenvalue weighted by Crippen LogP contribution is -2.50. The van der Waals surface area contributed by atoms with E-state index in [4.69, 9.17) is 0 Å². The number of nitrogens with one attached hydrogen (secondary N) is 1. The molecule has 0 saturated heterocycles. The van der Waals surface area contributed by atoms with Gasteiger partial charge >= 0.3 is 18.0 Å². The van der Waals surface area contributed by atoms with Crippen LogP contribution in [0.1, 0.15) is 5.56 Å². The lowest BCUT2D eigenvalue weighted by Gasteiger charge is -2.30. The number of nitrogens with zero attached hydrogens (tertiary/aromatic N) is 2. The monoisotopic (exact) mass is 467 g/mol. The summed E-state index contributed by atoms with van der Waals surface area (Å²) in [6, 6.07) is 7.78. The SMILES string of the molecule is FC(F)(F)C(F)(c1ccc(Nc2ncnc3cc(Br)ccc23)cc1)C(F)(F)F. The van der Waals surface area contributed by atoms with Gasteiger partial charge in [0, 0.05) is 21.1 Å². The van der Waals surface area contributed by atoms with Gasteiger partial charge in [0.1, 0.15) is 12.1 Å². The van der Waals surface area contributed by atoms with Crippen molar-refractivity contribution in [3.63, 3.8) is 0 Å². The summed E-state index contributed by atoms with van der Waals surface area (Å²) in [6.45, 7) is 0. The minimum absolute atomic E-state index is 0.123. The molecule has 0 bridgehead atoms. The Morgan fingerprint density at radius 3 is 1.96 bits per heavy atom. The largest absolute Gasteiger partial charge is 0.435 e. The highest BCUT2D eigenvalue weighted by Gasteiger charge is 2.73. The van der Waals surface area contributed by atoms with Gasteiger partial charge in [0.05, 0.1) is 5.52 Å². The highest BCUT2D eigenvalue weighted by Crippen LogP contribution is 2.53. The Balaban J connectivity index is 1.96. The van der Waals surface area contributed by atoms with Crippen molar-refractivity contribution >= 4 is 38.3 Å². The minimum atomic E-state index is -6.16. The van der Waals surface area contributed by atoms with E-state index in [-0.39, 0.29) is 11.5 Å². The third-order valence-electron chi connectivity index (χ3n) is 3.93. The number of alkyl halides is 7. The minimum Gasteiger partial charge on any atom is -0.340 e. The molecule has 0 saturated carbocycles. The van der Waals surface area contributed by atoms with Crippen LogP contribution in [-0.2, 0) is 5.67 Å². The van der Waals surface area contributed by atoms with E-state index in [1.165, 1.54) is 6.33 Å². The highest BCUT2D eigenvalue weighted by molar-refractivity contribution is 9.10. The molecule has 3 nitrogen and oxygen atoms in total. The van der Waals surface area contributed by atoms with E-state index >= 15 is 0 Å². The zero-order chi connectivity index (χ0) is 20.7. The van der Waals surface area contributed by atoms with Gasteiger partial charge in [-0.05, 0) is 30.3 Å². The summed E-state index contributed by atoms with van der Waals surface area (Å²) in [5, 5.41) is 3.34. The van der Waals surface area contributed by atoms with Gasteiger partial charge in [-0.15, -0.1) is 0 Å². The van der Waals surface area contributed by atoms with Crippen LogP contribution in [0.2, 0.25) is 0 Å². The summed E-state index contributed by atoms with van der Waals surface area (Å²) in [5.41, 5.74) is -6.35. The van der Waals surface area contributed by atoms with Crippen LogP contribution < -0.4 is 5.32 Å². The second kappa shape index (κ2) is 6.87. The second-order valence-electron chi connectivity index (χ2n) is 5.74. The van der Waals surface area contributed by atoms with E-state index in [0.29, 0.717) is 23.0 Å². The van der Waals surface area contributed by atoms with Crippen molar-refractivity contribution in [1.29, 1.82) is 0 Å². The lowest BCUT2D eigenvalue weighted by atomic mass is 9.94. The molecule has 0 amide bonds. The summed E-state index contributed by atoms with van der Waals surface area (Å²) in [7, 11) is 0. The molecule has 148 valence electrons. The Labute approximate surface area is 161 Å². The predicted molar refractivity (Wildman–Crippen MR) is 91.9 cm³/mol. The van der Waals surface area contributed by atoms with Crippen LogP contribution >= 0.6 is 15.9 Å². The molecule has 0 aliphatic carbocycles. The maximum absolute atomic E-state index is 14.0. The van der Waals surface area contributed by atoms with E-state index in [1.807, 2.05) is 0 Å². The summed E-state index contributed by atoms with van der Waals surface area (Å²) in [6.07, 6.45) is -11.1. The molecule has 1 heterocycles. The molecule has 3 rings (SSSR count). The van der Waals surface area contributed by atoms with Crippen LogP contribution in [0.3, 0.4) is 0 Å². The number of fused-ring (bicyclic) bond motifs is 1. The predicted octanol–water partition coefficient (Wildman–Crippen LogP) is 6.43. The first-order chi connectivity index (χ1) is 12.9. The summed E-state index contributed by atoms with van der Waals surface area (Å²) in [5.74, 6) is 0.281. The van der Waals surface area contributed by atoms with Crippen LogP contribution in [0.5, 0.6) is 0 Å². The standard InChI is InChI=1S/C17H9BrF7N3/c18-10-3-6-12-13(7-10)26-8-27-14(12)28-11-4-1-9(2-5-11)15(19,16(20,21)22)17(23,24)25/h1-8H,(H,26,27,28). The van der Waals surface area contributed by atoms with Crippen molar-refractivity contribution < 1.29 is 30.7 Å². The Hall–Kier alpha value is -2.43. The van der Waals surface area contributed by atoms with Gasteiger partial charge in [0.25, 0.3) is 0 Å². The van der Waals surface area contributed by atoms with Gasteiger partial charge in [-0.25, -0.2) is 14.4 Å². The molecule has 0 radical (unpaired) electrons. The average Bonchev–Trinajstić information content (AvgIpc) is 2.59. The molecule has 0 aliphatic rings. The van der Waals surface area contributed by atoms with E-state index in [1.54, 1.807) is 18.2 Å². The number of benzene rings is 2. The molecule has 1 aromatic heterocycles. The van der Waals surface area contributed by atoms with Crippen molar-refractivity contribution in [2.75, 3.05) is 5.32 Å². The van der Waals surface area contributed by atoms with Crippen LogP contribution in [-0.4, -0.2) is 22.3 Å². The van der Waals surface area contributed by atoms with E-state index in [0.717, 1.165) is 16.6 Å². The fourth-order valence-electron chi connectivity index (χ4n) is 2.54. The summed E-state index contributed by atoms with van der Waals surface area (Å²) >= 11 is 3.28. The average molecular weight is 468 g/mol. The summed E-state index contributed by atoms with van der Waals surface area (Å²) < 4.78 is 91.7. The Morgan fingerprint density at radius 2 is 1.39 bits per heavy atom. The first-order valence-electron chi connectivity index (χ1n) is 7.53. The van der Waals surface area contributed by atoms with Crippen molar-refractivity contribution in [2.24, 2.45) is 0 Å². The number of hydrogen-bond acceptors (Lipinski definition) is 3. The smallest absolute Gasteiger partial charge is 0.340 e. The van der Waals surface area contributed by atoms with Crippen molar-refractivity contribution in [3.8, 4) is 0 Å². The zero-order valence-electron chi connectivity index (χ0n) is 13.5. The molecule has 0 unspecified atom stereocenters. The second-order valence-corrected chi connectivity index (χ2v) is 6.66. The first kappa shape index (κ1) is 20.3. The summed E-state index contributed by atoms with van der Waals surface area (Å²) in [4.78, 5) is 8.07. The number of aromatic nitrogens is 2. The number of anilines is 2. The molecule has 1 N–H and O–H groups in total. The van der Waals surface area contributed by atoms with Gasteiger partial charge in [-0.3, -0.25) is 0 Å². The zero-order valence-corrected chi connectivity index (χ0v) is 15.1. The topological polar surface area (TPSA) is 37.8 Å². The maximum Gasteiger partial charge on any atom is 0.435 e. The fraction of sp³-hybridized carbons (Fsp3) is 0.176. The van der Waals surface area contributed by atoms with Crippen LogP contribution in [0.15, 0.2) is 53.3 Å². The lowest BCUT2D eigenvalue weighted by molar-refractivity contribution is -0.348. The molecule has 0 fully saturated rings. The quantitative estimate of drug-likeness (QED) is 0.451.